The topological polar surface area (TPSA) is 81.3 Å². The van der Waals surface area contributed by atoms with Crippen LogP contribution < -0.4 is 10.5 Å². The SMILES string of the molecule is Cc1cc2oc(=O)n(C)c2cc1NS(=O)(=O)c1ccc(F)c(F)c1. The van der Waals surface area contributed by atoms with Gasteiger partial charge in [0.15, 0.2) is 17.2 Å². The van der Waals surface area contributed by atoms with Crippen LogP contribution in [0.1, 0.15) is 5.56 Å². The molecule has 9 heteroatoms. The molecule has 24 heavy (non-hydrogen) atoms. The van der Waals surface area contributed by atoms with Crippen LogP contribution in [0.5, 0.6) is 0 Å². The number of benzene rings is 2. The summed E-state index contributed by atoms with van der Waals surface area (Å²) in [5.41, 5.74) is 1.41. The van der Waals surface area contributed by atoms with Crippen LogP contribution in [0.25, 0.3) is 11.1 Å². The van der Waals surface area contributed by atoms with Crippen LogP contribution in [0, 0.1) is 18.6 Å². The fraction of sp³-hybridized carbons (Fsp3) is 0.133. The van der Waals surface area contributed by atoms with Gasteiger partial charge in [-0.1, -0.05) is 0 Å². The number of halogens is 2. The molecular formula is C15H12F2N2O4S. The monoisotopic (exact) mass is 354 g/mol. The molecule has 3 rings (SSSR count). The maximum Gasteiger partial charge on any atom is 0.419 e. The zero-order valence-electron chi connectivity index (χ0n) is 12.6. The average Bonchev–Trinajstić information content (AvgIpc) is 2.77. The van der Waals surface area contributed by atoms with Gasteiger partial charge in [0.1, 0.15) is 0 Å². The number of fused-ring (bicyclic) bond motifs is 1. The number of rotatable bonds is 3. The Morgan fingerprint density at radius 2 is 1.83 bits per heavy atom. The Balaban J connectivity index is 2.07. The van der Waals surface area contributed by atoms with Crippen molar-refractivity contribution < 1.29 is 21.6 Å². The molecule has 0 bridgehead atoms. The second-order valence-electron chi connectivity index (χ2n) is 5.24. The van der Waals surface area contributed by atoms with E-state index in [1.165, 1.54) is 23.7 Å². The molecule has 0 saturated heterocycles. The molecule has 1 aromatic heterocycles. The van der Waals surface area contributed by atoms with Gasteiger partial charge in [0.2, 0.25) is 0 Å². The lowest BCUT2D eigenvalue weighted by atomic mass is 10.2. The van der Waals surface area contributed by atoms with Gasteiger partial charge in [-0.15, -0.1) is 0 Å². The number of anilines is 1. The van der Waals surface area contributed by atoms with Crippen LogP contribution in [0.15, 0.2) is 44.4 Å². The van der Waals surface area contributed by atoms with Crippen LogP contribution in [-0.2, 0) is 17.1 Å². The van der Waals surface area contributed by atoms with Crippen LogP contribution in [0.3, 0.4) is 0 Å². The van der Waals surface area contributed by atoms with Crippen molar-refractivity contribution in [3.05, 3.63) is 58.1 Å². The molecule has 2 aromatic carbocycles. The van der Waals surface area contributed by atoms with Crippen molar-refractivity contribution in [2.45, 2.75) is 11.8 Å². The second kappa shape index (κ2) is 5.45. The van der Waals surface area contributed by atoms with Gasteiger partial charge in [-0.05, 0) is 42.8 Å². The first kappa shape index (κ1) is 16.2. The molecule has 0 aliphatic heterocycles. The van der Waals surface area contributed by atoms with E-state index in [2.05, 4.69) is 4.72 Å². The first-order valence-corrected chi connectivity index (χ1v) is 8.25. The zero-order valence-corrected chi connectivity index (χ0v) is 13.4. The van der Waals surface area contributed by atoms with Crippen molar-refractivity contribution in [1.82, 2.24) is 4.57 Å². The first-order chi connectivity index (χ1) is 11.2. The van der Waals surface area contributed by atoms with Gasteiger partial charge in [0, 0.05) is 7.05 Å². The second-order valence-corrected chi connectivity index (χ2v) is 6.93. The molecule has 0 radical (unpaired) electrons. The summed E-state index contributed by atoms with van der Waals surface area (Å²) in [5, 5.41) is 0. The molecule has 0 aliphatic rings. The summed E-state index contributed by atoms with van der Waals surface area (Å²) in [6, 6.07) is 5.24. The average molecular weight is 354 g/mol. The van der Waals surface area contributed by atoms with Crippen molar-refractivity contribution in [1.29, 1.82) is 0 Å². The molecule has 0 amide bonds. The van der Waals surface area contributed by atoms with Gasteiger partial charge < -0.3 is 4.42 Å². The Hall–Kier alpha value is -2.68. The van der Waals surface area contributed by atoms with Gasteiger partial charge in [-0.25, -0.2) is 22.0 Å². The highest BCUT2D eigenvalue weighted by Gasteiger charge is 2.19. The Kier molecular flexibility index (Phi) is 3.67. The van der Waals surface area contributed by atoms with Gasteiger partial charge in [-0.2, -0.15) is 0 Å². The maximum atomic E-state index is 13.3. The molecule has 6 nitrogen and oxygen atoms in total. The summed E-state index contributed by atoms with van der Waals surface area (Å²) in [7, 11) is -2.64. The molecule has 0 spiro atoms. The smallest absolute Gasteiger partial charge is 0.408 e. The molecule has 1 heterocycles. The lowest BCUT2D eigenvalue weighted by Gasteiger charge is -2.11. The van der Waals surface area contributed by atoms with E-state index in [9.17, 15) is 22.0 Å². The van der Waals surface area contributed by atoms with E-state index in [1.807, 2.05) is 0 Å². The number of aryl methyl sites for hydroxylation is 2. The van der Waals surface area contributed by atoms with E-state index in [4.69, 9.17) is 4.42 Å². The van der Waals surface area contributed by atoms with Crippen LogP contribution in [-0.4, -0.2) is 13.0 Å². The molecule has 126 valence electrons. The third-order valence-corrected chi connectivity index (χ3v) is 4.95. The predicted octanol–water partition coefficient (Wildman–Crippen LogP) is 2.52. The van der Waals surface area contributed by atoms with Gasteiger partial charge >= 0.3 is 5.76 Å². The van der Waals surface area contributed by atoms with Crippen molar-refractivity contribution in [2.24, 2.45) is 7.05 Å². The van der Waals surface area contributed by atoms with E-state index in [0.29, 0.717) is 22.7 Å². The van der Waals surface area contributed by atoms with Crippen LogP contribution in [0.2, 0.25) is 0 Å². The third-order valence-electron chi connectivity index (χ3n) is 3.58. The van der Waals surface area contributed by atoms with Crippen molar-refractivity contribution in [3.8, 4) is 0 Å². The Morgan fingerprint density at radius 3 is 2.50 bits per heavy atom. The molecule has 0 unspecified atom stereocenters. The van der Waals surface area contributed by atoms with Crippen LogP contribution >= 0.6 is 0 Å². The standard InChI is InChI=1S/C15H12F2N2O4S/c1-8-5-14-13(19(2)15(20)23-14)7-12(8)18-24(21,22)9-3-4-10(16)11(17)6-9/h3-7,18H,1-2H3. The number of sulfonamides is 1. The fourth-order valence-corrected chi connectivity index (χ4v) is 3.37. The minimum atomic E-state index is -4.12. The highest BCUT2D eigenvalue weighted by atomic mass is 32.2. The van der Waals surface area contributed by atoms with Gasteiger partial charge in [-0.3, -0.25) is 9.29 Å². The number of hydrogen-bond donors (Lipinski definition) is 1. The number of oxazole rings is 1. The highest BCUT2D eigenvalue weighted by Crippen LogP contribution is 2.25. The number of hydrogen-bond acceptors (Lipinski definition) is 4. The summed E-state index contributed by atoms with van der Waals surface area (Å²) >= 11 is 0. The van der Waals surface area contributed by atoms with E-state index < -0.39 is 32.3 Å². The summed E-state index contributed by atoms with van der Waals surface area (Å²) < 4.78 is 59.5. The summed E-state index contributed by atoms with van der Waals surface area (Å²) in [6.45, 7) is 1.62. The van der Waals surface area contributed by atoms with Crippen molar-refractivity contribution in [2.75, 3.05) is 4.72 Å². The zero-order chi connectivity index (χ0) is 17.6. The van der Waals surface area contributed by atoms with Crippen LogP contribution in [0.4, 0.5) is 14.5 Å². The predicted molar refractivity (Wildman–Crippen MR) is 83.4 cm³/mol. The van der Waals surface area contributed by atoms with Gasteiger partial charge in [0.25, 0.3) is 10.0 Å². The largest absolute Gasteiger partial charge is 0.419 e. The Morgan fingerprint density at radius 1 is 1.12 bits per heavy atom. The molecule has 1 N–H and O–H groups in total. The lowest BCUT2D eigenvalue weighted by molar-refractivity contribution is 0.504. The summed E-state index contributed by atoms with van der Waals surface area (Å²) in [6.07, 6.45) is 0. The first-order valence-electron chi connectivity index (χ1n) is 6.77. The van der Waals surface area contributed by atoms with Crippen molar-refractivity contribution in [3.63, 3.8) is 0 Å². The molecule has 0 fully saturated rings. The minimum Gasteiger partial charge on any atom is -0.408 e. The maximum absolute atomic E-state index is 13.3. The molecule has 3 aromatic rings. The molecule has 0 saturated carbocycles. The Labute approximate surface area is 135 Å². The Bertz CT molecular complexity index is 1120. The molecular weight excluding hydrogens is 342 g/mol. The van der Waals surface area contributed by atoms with E-state index in [0.717, 1.165) is 12.1 Å². The summed E-state index contributed by atoms with van der Waals surface area (Å²) in [4.78, 5) is 11.1. The third kappa shape index (κ3) is 2.67. The van der Waals surface area contributed by atoms with Gasteiger partial charge in [0.05, 0.1) is 16.1 Å². The quantitative estimate of drug-likeness (QED) is 0.784. The number of aromatic nitrogens is 1. The number of nitrogens with one attached hydrogen (secondary N) is 1. The molecule has 0 atom stereocenters. The van der Waals surface area contributed by atoms with E-state index >= 15 is 0 Å². The van der Waals surface area contributed by atoms with E-state index in [1.54, 1.807) is 6.92 Å². The highest BCUT2D eigenvalue weighted by molar-refractivity contribution is 7.92. The van der Waals surface area contributed by atoms with E-state index in [-0.39, 0.29) is 5.69 Å². The van der Waals surface area contributed by atoms with Crippen molar-refractivity contribution >= 4 is 26.8 Å². The molecule has 0 aliphatic carbocycles. The summed E-state index contributed by atoms with van der Waals surface area (Å²) in [5.74, 6) is -2.98. The number of nitrogens with zero attached hydrogens (tertiary/aromatic N) is 1. The fourth-order valence-electron chi connectivity index (χ4n) is 2.23. The normalized spacial score (nSPS) is 11.8. The lowest BCUT2D eigenvalue weighted by Crippen LogP contribution is -2.14. The minimum absolute atomic E-state index is 0.198.